The second kappa shape index (κ2) is 13.8. The third-order valence-corrected chi connectivity index (χ3v) is 19.9. The van der Waals surface area contributed by atoms with Crippen molar-refractivity contribution < 1.29 is 27.5 Å². The third kappa shape index (κ3) is 6.12. The standard InChI is InChI=1S/C45H69FN2O5S/c1-30(2)32-13-20-45(29-47-27-37(49)48-23-8-25-54(52,53)26-24-48)22-21-42(6)34(38(32)45)9-10-36-41(5)16-14-33(40(3,4)35(41)15-17-43(36,42)7)31-11-18-44(28-46,19-12-31)39(50)51/h11,14,32,34-36,38,47H,1,8-10,12-13,15-29H2,2-7H3,(H,50,51)/t32-,34+,35-,36+,38+,41-,42+,43+,44-,45?/m0/s1. The fraction of sp³-hybridized carbons (Fsp3) is 0.822. The molecule has 54 heavy (non-hydrogen) atoms. The SMILES string of the molecule is C=C(C)[C@@H]1CCC2(CNCC(=O)N3CCCS(=O)(=O)CC3)CC[C@]3(C)[C@H](CC[C@@H]4[C@@]5(C)CC=C(C6=CC[C@](CF)(C(=O)O)CC6)C(C)(C)[C@@H]5CC[C@]43C)[C@@H]12. The van der Waals surface area contributed by atoms with Gasteiger partial charge in [0.05, 0.1) is 23.5 Å². The summed E-state index contributed by atoms with van der Waals surface area (Å²) in [6, 6.07) is 0. The van der Waals surface area contributed by atoms with Crippen molar-refractivity contribution in [2.75, 3.05) is 44.4 Å². The van der Waals surface area contributed by atoms with E-state index in [1.807, 2.05) is 0 Å². The van der Waals surface area contributed by atoms with Gasteiger partial charge < -0.3 is 15.3 Å². The molecule has 1 amide bonds. The highest BCUT2D eigenvalue weighted by atomic mass is 32.2. The summed E-state index contributed by atoms with van der Waals surface area (Å²) < 4.78 is 38.3. The number of allylic oxidation sites excluding steroid dienone is 5. The van der Waals surface area contributed by atoms with Gasteiger partial charge in [-0.05, 0) is 158 Å². The van der Waals surface area contributed by atoms with Crippen molar-refractivity contribution >= 4 is 21.7 Å². The van der Waals surface area contributed by atoms with Gasteiger partial charge in [0.15, 0.2) is 9.84 Å². The number of aliphatic carboxylic acids is 1. The number of carboxylic acid groups (broad SMARTS) is 1. The van der Waals surface area contributed by atoms with Gasteiger partial charge in [0.2, 0.25) is 5.91 Å². The maximum Gasteiger partial charge on any atom is 0.312 e. The lowest BCUT2D eigenvalue weighted by atomic mass is 9.32. The van der Waals surface area contributed by atoms with Crippen LogP contribution in [0.5, 0.6) is 0 Å². The monoisotopic (exact) mass is 768 g/mol. The molecule has 0 aromatic rings. The lowest BCUT2D eigenvalue weighted by Crippen LogP contribution is -2.66. The highest BCUT2D eigenvalue weighted by molar-refractivity contribution is 7.91. The van der Waals surface area contributed by atoms with E-state index in [1.165, 1.54) is 68.1 Å². The Labute approximate surface area is 325 Å². The van der Waals surface area contributed by atoms with E-state index < -0.39 is 27.9 Å². The third-order valence-electron chi connectivity index (χ3n) is 18.1. The van der Waals surface area contributed by atoms with E-state index in [0.29, 0.717) is 61.9 Å². The molecular formula is C45H69FN2O5S. The second-order valence-corrected chi connectivity index (χ2v) is 23.0. The number of halogens is 1. The van der Waals surface area contributed by atoms with E-state index in [9.17, 15) is 27.5 Å². The topological polar surface area (TPSA) is 104 Å². The first-order valence-corrected chi connectivity index (χ1v) is 23.2. The zero-order valence-electron chi connectivity index (χ0n) is 34.2. The number of sulfone groups is 1. The Morgan fingerprint density at radius 2 is 1.69 bits per heavy atom. The number of rotatable bonds is 8. The number of fused-ring (bicyclic) bond motifs is 7. The Balaban J connectivity index is 1.11. The predicted molar refractivity (Wildman–Crippen MR) is 213 cm³/mol. The van der Waals surface area contributed by atoms with Crippen LogP contribution in [-0.2, 0) is 19.4 Å². The number of hydrogen-bond acceptors (Lipinski definition) is 5. The van der Waals surface area contributed by atoms with Gasteiger partial charge in [0.1, 0.15) is 6.67 Å². The maximum atomic E-state index is 14.0. The van der Waals surface area contributed by atoms with Gasteiger partial charge in [0, 0.05) is 19.6 Å². The van der Waals surface area contributed by atoms with E-state index in [4.69, 9.17) is 0 Å². The normalized spacial score (nSPS) is 44.0. The van der Waals surface area contributed by atoms with Crippen molar-refractivity contribution in [2.45, 2.75) is 125 Å². The van der Waals surface area contributed by atoms with Gasteiger partial charge >= 0.3 is 5.97 Å². The van der Waals surface area contributed by atoms with Crippen LogP contribution in [0.3, 0.4) is 0 Å². The van der Waals surface area contributed by atoms with E-state index in [2.05, 4.69) is 65.6 Å². The number of amides is 1. The van der Waals surface area contributed by atoms with Gasteiger partial charge in [-0.25, -0.2) is 12.8 Å². The van der Waals surface area contributed by atoms with Crippen molar-refractivity contribution in [1.82, 2.24) is 10.2 Å². The molecule has 4 saturated carbocycles. The Morgan fingerprint density at radius 3 is 2.35 bits per heavy atom. The molecule has 9 heteroatoms. The first-order chi connectivity index (χ1) is 25.3. The summed E-state index contributed by atoms with van der Waals surface area (Å²) in [4.78, 5) is 27.1. The molecule has 1 aliphatic heterocycles. The molecule has 2 N–H and O–H groups in total. The average molecular weight is 769 g/mol. The number of alkyl halides is 1. The highest BCUT2D eigenvalue weighted by Crippen LogP contribution is 2.77. The van der Waals surface area contributed by atoms with Crippen LogP contribution in [0, 0.1) is 62.1 Å². The summed E-state index contributed by atoms with van der Waals surface area (Å²) in [7, 11) is -3.07. The van der Waals surface area contributed by atoms with E-state index in [-0.39, 0.29) is 57.5 Å². The van der Waals surface area contributed by atoms with Gasteiger partial charge in [-0.2, -0.15) is 0 Å². The molecule has 1 unspecified atom stereocenters. The fourth-order valence-corrected chi connectivity index (χ4v) is 16.2. The highest BCUT2D eigenvalue weighted by Gasteiger charge is 2.70. The molecule has 0 aromatic heterocycles. The van der Waals surface area contributed by atoms with Gasteiger partial charge in [-0.3, -0.25) is 9.59 Å². The first-order valence-electron chi connectivity index (χ1n) is 21.3. The molecule has 0 spiro atoms. The van der Waals surface area contributed by atoms with Crippen molar-refractivity contribution in [3.8, 4) is 0 Å². The number of hydrogen-bond donors (Lipinski definition) is 2. The Kier molecular flexibility index (Phi) is 10.3. The van der Waals surface area contributed by atoms with Crippen LogP contribution in [0.4, 0.5) is 4.39 Å². The number of nitrogens with one attached hydrogen (secondary N) is 1. The predicted octanol–water partition coefficient (Wildman–Crippen LogP) is 8.57. The van der Waals surface area contributed by atoms with Crippen LogP contribution in [0.25, 0.3) is 0 Å². The molecule has 7 aliphatic rings. The van der Waals surface area contributed by atoms with Crippen molar-refractivity contribution in [3.63, 3.8) is 0 Å². The Morgan fingerprint density at radius 1 is 0.926 bits per heavy atom. The molecule has 6 aliphatic carbocycles. The molecule has 302 valence electrons. The summed E-state index contributed by atoms with van der Waals surface area (Å²) in [5.41, 5.74) is 3.35. The van der Waals surface area contributed by atoms with Crippen LogP contribution in [-0.4, -0.2) is 74.7 Å². The molecule has 1 saturated heterocycles. The Hall–Kier alpha value is -2.00. The van der Waals surface area contributed by atoms with Crippen molar-refractivity contribution in [3.05, 3.63) is 35.5 Å². The number of carbonyl (C=O) groups excluding carboxylic acids is 1. The van der Waals surface area contributed by atoms with E-state index in [1.54, 1.807) is 4.90 Å². The zero-order valence-corrected chi connectivity index (χ0v) is 35.0. The van der Waals surface area contributed by atoms with Crippen molar-refractivity contribution in [2.24, 2.45) is 62.1 Å². The molecular weight excluding hydrogens is 700 g/mol. The number of carboxylic acids is 1. The smallest absolute Gasteiger partial charge is 0.312 e. The Bertz CT molecular complexity index is 1720. The molecule has 7 nitrogen and oxygen atoms in total. The molecule has 0 aromatic carbocycles. The van der Waals surface area contributed by atoms with Crippen LogP contribution in [0.2, 0.25) is 0 Å². The quantitative estimate of drug-likeness (QED) is 0.240. The summed E-state index contributed by atoms with van der Waals surface area (Å²) >= 11 is 0. The minimum atomic E-state index is -3.07. The minimum Gasteiger partial charge on any atom is -0.481 e. The second-order valence-electron chi connectivity index (χ2n) is 20.7. The van der Waals surface area contributed by atoms with E-state index in [0.717, 1.165) is 13.0 Å². The van der Waals surface area contributed by atoms with Crippen LogP contribution >= 0.6 is 0 Å². The number of carbonyl (C=O) groups is 2. The molecule has 0 bridgehead atoms. The van der Waals surface area contributed by atoms with Gasteiger partial charge in [0.25, 0.3) is 0 Å². The van der Waals surface area contributed by atoms with Crippen molar-refractivity contribution in [1.29, 1.82) is 0 Å². The molecule has 5 fully saturated rings. The van der Waals surface area contributed by atoms with Crippen LogP contribution in [0.1, 0.15) is 125 Å². The first kappa shape index (κ1) is 40.2. The maximum absolute atomic E-state index is 14.0. The minimum absolute atomic E-state index is 0.0219. The largest absolute Gasteiger partial charge is 0.481 e. The van der Waals surface area contributed by atoms with Gasteiger partial charge in [-0.1, -0.05) is 58.9 Å². The molecule has 10 atom stereocenters. The summed E-state index contributed by atoms with van der Waals surface area (Å²) in [5.74, 6) is 2.02. The van der Waals surface area contributed by atoms with E-state index >= 15 is 0 Å². The molecule has 0 radical (unpaired) electrons. The zero-order chi connectivity index (χ0) is 39.1. The molecule has 7 rings (SSSR count). The van der Waals surface area contributed by atoms with Crippen LogP contribution in [0.15, 0.2) is 35.5 Å². The van der Waals surface area contributed by atoms with Crippen LogP contribution < -0.4 is 5.32 Å². The summed E-state index contributed by atoms with van der Waals surface area (Å²) in [6.45, 7) is 20.7. The summed E-state index contributed by atoms with van der Waals surface area (Å²) in [6.07, 6.45) is 17.0. The molecule has 1 heterocycles. The lowest BCUT2D eigenvalue weighted by molar-refractivity contribution is -0.226. The summed E-state index contributed by atoms with van der Waals surface area (Å²) in [5, 5.41) is 13.5. The fourth-order valence-electron chi connectivity index (χ4n) is 15.0. The lowest BCUT2D eigenvalue weighted by Gasteiger charge is -2.72. The van der Waals surface area contributed by atoms with Gasteiger partial charge in [-0.15, -0.1) is 0 Å². The average Bonchev–Trinajstić information content (AvgIpc) is 3.39. The number of nitrogens with zero attached hydrogens (tertiary/aromatic N) is 1.